The molecule has 2 N–H and O–H groups in total. The third-order valence-corrected chi connectivity index (χ3v) is 4.95. The third kappa shape index (κ3) is 3.10. The summed E-state index contributed by atoms with van der Waals surface area (Å²) in [6.07, 6.45) is 5.03. The van der Waals surface area contributed by atoms with Crippen LogP contribution in [0.5, 0.6) is 0 Å². The number of aliphatic hydroxyl groups excluding tert-OH is 1. The average molecular weight is 288 g/mol. The van der Waals surface area contributed by atoms with Crippen LogP contribution in [0.1, 0.15) is 32.1 Å². The van der Waals surface area contributed by atoms with Crippen molar-refractivity contribution in [3.8, 4) is 0 Å². The molecule has 106 valence electrons. The number of hydrogen-bond acceptors (Lipinski definition) is 4. The Hall–Kier alpha value is -1.05. The summed E-state index contributed by atoms with van der Waals surface area (Å²) in [6.45, 7) is -0.291. The zero-order valence-electron chi connectivity index (χ0n) is 10.5. The molecule has 0 spiro atoms. The van der Waals surface area contributed by atoms with Crippen LogP contribution in [0.2, 0.25) is 0 Å². The van der Waals surface area contributed by atoms with Crippen LogP contribution >= 0.6 is 0 Å². The van der Waals surface area contributed by atoms with Crippen molar-refractivity contribution in [1.29, 1.82) is 0 Å². The molecular formula is C12H17FN2O3S. The van der Waals surface area contributed by atoms with Gasteiger partial charge in [0.1, 0.15) is 0 Å². The first kappa shape index (κ1) is 14.4. The van der Waals surface area contributed by atoms with Crippen LogP contribution in [0, 0.1) is 5.82 Å². The minimum Gasteiger partial charge on any atom is -0.394 e. The Morgan fingerprint density at radius 1 is 1.37 bits per heavy atom. The van der Waals surface area contributed by atoms with Crippen LogP contribution in [-0.2, 0) is 10.0 Å². The van der Waals surface area contributed by atoms with Crippen LogP contribution in [-0.4, -0.2) is 30.7 Å². The molecule has 0 radical (unpaired) electrons. The number of nitrogens with one attached hydrogen (secondary N) is 1. The van der Waals surface area contributed by atoms with Crippen LogP contribution in [0.3, 0.4) is 0 Å². The van der Waals surface area contributed by atoms with E-state index in [1.165, 1.54) is 12.3 Å². The van der Waals surface area contributed by atoms with Gasteiger partial charge in [0.2, 0.25) is 5.03 Å². The van der Waals surface area contributed by atoms with Crippen LogP contribution in [0.15, 0.2) is 23.4 Å². The molecule has 7 heteroatoms. The number of rotatable bonds is 4. The summed E-state index contributed by atoms with van der Waals surface area (Å²) in [5.74, 6) is -0.890. The zero-order valence-corrected chi connectivity index (χ0v) is 11.3. The highest BCUT2D eigenvalue weighted by Crippen LogP contribution is 2.29. The number of aliphatic hydroxyl groups is 1. The standard InChI is InChI=1S/C12H17FN2O3S/c13-10-5-4-8-14-11(10)19(17,18)15-12(9-16)6-2-1-3-7-12/h4-5,8,15-16H,1-3,6-7,9H2. The predicted octanol–water partition coefficient (Wildman–Crippen LogP) is 1.19. The number of hydrogen-bond donors (Lipinski definition) is 2. The van der Waals surface area contributed by atoms with E-state index in [0.717, 1.165) is 25.3 Å². The van der Waals surface area contributed by atoms with Crippen molar-refractivity contribution in [1.82, 2.24) is 9.71 Å². The van der Waals surface area contributed by atoms with E-state index in [9.17, 15) is 17.9 Å². The van der Waals surface area contributed by atoms with Crippen molar-refractivity contribution < 1.29 is 17.9 Å². The van der Waals surface area contributed by atoms with Crippen molar-refractivity contribution in [2.45, 2.75) is 42.7 Å². The van der Waals surface area contributed by atoms with E-state index >= 15 is 0 Å². The van der Waals surface area contributed by atoms with Crippen molar-refractivity contribution in [3.05, 3.63) is 24.1 Å². The summed E-state index contributed by atoms with van der Waals surface area (Å²) in [4.78, 5) is 3.57. The molecule has 1 saturated carbocycles. The highest BCUT2D eigenvalue weighted by atomic mass is 32.2. The van der Waals surface area contributed by atoms with Gasteiger partial charge >= 0.3 is 0 Å². The van der Waals surface area contributed by atoms with Crippen LogP contribution in [0.4, 0.5) is 4.39 Å². The van der Waals surface area contributed by atoms with Crippen molar-refractivity contribution >= 4 is 10.0 Å². The molecule has 0 aliphatic heterocycles. The largest absolute Gasteiger partial charge is 0.394 e. The molecule has 0 saturated heterocycles. The Kier molecular flexibility index (Phi) is 4.17. The lowest BCUT2D eigenvalue weighted by atomic mass is 9.83. The molecule has 0 bridgehead atoms. The van der Waals surface area contributed by atoms with Gasteiger partial charge < -0.3 is 5.11 Å². The molecule has 0 atom stereocenters. The molecule has 1 aromatic rings. The zero-order chi connectivity index (χ0) is 13.9. The summed E-state index contributed by atoms with van der Waals surface area (Å²) >= 11 is 0. The summed E-state index contributed by atoms with van der Waals surface area (Å²) in [5.41, 5.74) is -0.888. The first-order valence-corrected chi connectivity index (χ1v) is 7.73. The van der Waals surface area contributed by atoms with Gasteiger partial charge in [-0.15, -0.1) is 0 Å². The van der Waals surface area contributed by atoms with E-state index in [1.807, 2.05) is 0 Å². The summed E-state index contributed by atoms with van der Waals surface area (Å²) in [6, 6.07) is 2.38. The molecule has 0 unspecified atom stereocenters. The van der Waals surface area contributed by atoms with Crippen LogP contribution in [0.25, 0.3) is 0 Å². The van der Waals surface area contributed by atoms with Crippen molar-refractivity contribution in [2.24, 2.45) is 0 Å². The second-order valence-electron chi connectivity index (χ2n) is 4.89. The lowest BCUT2D eigenvalue weighted by Gasteiger charge is -2.35. The van der Waals surface area contributed by atoms with E-state index in [-0.39, 0.29) is 6.61 Å². The highest BCUT2D eigenvalue weighted by molar-refractivity contribution is 7.89. The number of sulfonamides is 1. The van der Waals surface area contributed by atoms with Gasteiger partial charge in [0.05, 0.1) is 12.1 Å². The Labute approximate surface area is 111 Å². The van der Waals surface area contributed by atoms with Gasteiger partial charge in [-0.2, -0.15) is 0 Å². The maximum Gasteiger partial charge on any atom is 0.261 e. The summed E-state index contributed by atoms with van der Waals surface area (Å²) < 4.78 is 40.3. The lowest BCUT2D eigenvalue weighted by molar-refractivity contribution is 0.142. The van der Waals surface area contributed by atoms with Crippen LogP contribution < -0.4 is 4.72 Å². The van der Waals surface area contributed by atoms with E-state index in [1.54, 1.807) is 0 Å². The monoisotopic (exact) mass is 288 g/mol. The number of aromatic nitrogens is 1. The van der Waals surface area contributed by atoms with Gasteiger partial charge in [0.25, 0.3) is 10.0 Å². The molecule has 5 nitrogen and oxygen atoms in total. The summed E-state index contributed by atoms with van der Waals surface area (Å²) in [5, 5.41) is 8.86. The Morgan fingerprint density at radius 2 is 2.05 bits per heavy atom. The molecule has 2 rings (SSSR count). The Morgan fingerprint density at radius 3 is 2.63 bits per heavy atom. The quantitative estimate of drug-likeness (QED) is 0.872. The summed E-state index contributed by atoms with van der Waals surface area (Å²) in [7, 11) is -4.06. The molecule has 19 heavy (non-hydrogen) atoms. The van der Waals surface area contributed by atoms with Gasteiger partial charge in [0.15, 0.2) is 5.82 Å². The first-order valence-electron chi connectivity index (χ1n) is 6.24. The SMILES string of the molecule is O=S(=O)(NC1(CO)CCCCC1)c1ncccc1F. The molecule has 0 amide bonds. The van der Waals surface area contributed by atoms with E-state index in [2.05, 4.69) is 9.71 Å². The van der Waals surface area contributed by atoms with Crippen molar-refractivity contribution in [2.75, 3.05) is 6.61 Å². The third-order valence-electron chi connectivity index (χ3n) is 3.44. The smallest absolute Gasteiger partial charge is 0.261 e. The van der Waals surface area contributed by atoms with E-state index in [0.29, 0.717) is 12.8 Å². The number of nitrogens with zero attached hydrogens (tertiary/aromatic N) is 1. The van der Waals surface area contributed by atoms with E-state index < -0.39 is 26.4 Å². The van der Waals surface area contributed by atoms with Gasteiger partial charge in [-0.25, -0.2) is 22.5 Å². The molecule has 1 aromatic heterocycles. The minimum atomic E-state index is -4.06. The molecule has 1 aliphatic carbocycles. The topological polar surface area (TPSA) is 79.3 Å². The molecule has 1 heterocycles. The fraction of sp³-hybridized carbons (Fsp3) is 0.583. The maximum atomic E-state index is 13.5. The average Bonchev–Trinajstić information content (AvgIpc) is 2.39. The Balaban J connectivity index is 2.28. The minimum absolute atomic E-state index is 0.291. The fourth-order valence-electron chi connectivity index (χ4n) is 2.42. The Bertz CT molecular complexity index is 542. The number of halogens is 1. The van der Waals surface area contributed by atoms with Gasteiger partial charge in [-0.1, -0.05) is 19.3 Å². The second-order valence-corrected chi connectivity index (χ2v) is 6.49. The van der Waals surface area contributed by atoms with E-state index in [4.69, 9.17) is 0 Å². The van der Waals surface area contributed by atoms with Gasteiger partial charge in [-0.05, 0) is 25.0 Å². The second kappa shape index (κ2) is 5.52. The lowest BCUT2D eigenvalue weighted by Crippen LogP contribution is -2.52. The van der Waals surface area contributed by atoms with Gasteiger partial charge in [0, 0.05) is 6.20 Å². The molecule has 0 aromatic carbocycles. The maximum absolute atomic E-state index is 13.5. The first-order chi connectivity index (χ1) is 8.99. The number of pyridine rings is 1. The molecular weight excluding hydrogens is 271 g/mol. The fourth-order valence-corrected chi connectivity index (χ4v) is 3.88. The molecule has 1 aliphatic rings. The molecule has 1 fully saturated rings. The normalized spacial score (nSPS) is 19.3. The van der Waals surface area contributed by atoms with Crippen molar-refractivity contribution in [3.63, 3.8) is 0 Å². The highest BCUT2D eigenvalue weighted by Gasteiger charge is 2.37. The van der Waals surface area contributed by atoms with Gasteiger partial charge in [-0.3, -0.25) is 0 Å². The predicted molar refractivity (Wildman–Crippen MR) is 67.4 cm³/mol.